The van der Waals surface area contributed by atoms with Crippen LogP contribution in [0.4, 0.5) is 0 Å². The van der Waals surface area contributed by atoms with E-state index in [-0.39, 0.29) is 59.7 Å². The Kier molecular flexibility index (Phi) is 7.29. The summed E-state index contributed by atoms with van der Waals surface area (Å²) < 4.78 is 38.6. The predicted molar refractivity (Wildman–Crippen MR) is 199 cm³/mol. The van der Waals surface area contributed by atoms with Crippen LogP contribution in [-0.2, 0) is 58.4 Å². The maximum Gasteiger partial charge on any atom is 0.317 e. The molecule has 4 saturated heterocycles. The third kappa shape index (κ3) is 4.27. The summed E-state index contributed by atoms with van der Waals surface area (Å²) in [6.07, 6.45) is 4.09. The van der Waals surface area contributed by atoms with Crippen LogP contribution in [-0.4, -0.2) is 72.7 Å². The Labute approximate surface area is 327 Å². The van der Waals surface area contributed by atoms with E-state index in [9.17, 15) is 19.2 Å². The van der Waals surface area contributed by atoms with E-state index < -0.39 is 47.5 Å². The summed E-state index contributed by atoms with van der Waals surface area (Å²) in [5.41, 5.74) is 2.67. The van der Waals surface area contributed by atoms with E-state index in [1.807, 2.05) is 0 Å². The quantitative estimate of drug-likeness (QED) is 0.267. The summed E-state index contributed by atoms with van der Waals surface area (Å²) in [4.78, 5) is 50.7. The molecule has 4 heterocycles. The van der Waals surface area contributed by atoms with Crippen molar-refractivity contribution in [3.63, 3.8) is 0 Å². The molecule has 2 aromatic rings. The molecule has 11 aliphatic rings. The molecule has 0 radical (unpaired) electrons. The molecule has 10 nitrogen and oxygen atoms in total. The van der Waals surface area contributed by atoms with Crippen LogP contribution in [0.2, 0.25) is 0 Å². The van der Waals surface area contributed by atoms with Crippen LogP contribution in [0.5, 0.6) is 0 Å². The molecule has 0 aromatic heterocycles. The zero-order valence-corrected chi connectivity index (χ0v) is 32.6. The Morgan fingerprint density at radius 1 is 0.446 bits per heavy atom. The normalized spacial score (nSPS) is 49.5. The van der Waals surface area contributed by atoms with Crippen molar-refractivity contribution in [1.29, 1.82) is 0 Å². The summed E-state index contributed by atoms with van der Waals surface area (Å²) in [5, 5.41) is 2.55. The first-order valence-corrected chi connectivity index (χ1v) is 21.6. The van der Waals surface area contributed by atoms with Crippen LogP contribution < -0.4 is 0 Å². The van der Waals surface area contributed by atoms with Gasteiger partial charge in [0.25, 0.3) is 0 Å². The number of carbonyl (C=O) groups excluding carboxylic acids is 4. The molecule has 13 rings (SSSR count). The minimum atomic E-state index is -0.444. The van der Waals surface area contributed by atoms with Crippen molar-refractivity contribution >= 4 is 34.6 Å². The van der Waals surface area contributed by atoms with E-state index >= 15 is 0 Å². The topological polar surface area (TPSA) is 124 Å². The standard InChI is InChI=1S/C46H52O10/c1-19(2)45-27-9-21-7-5-6-8-22(21)10-28(27)46(20(3)4,31-17-39-37(15-29(31)45)51-33-11-23-25(13-35(33)53-39)43(49)55-41(23)47)32-18-40-38(16-30(32)45)52-34-12-24-26(14-36(34)54-40)44(50)56-42(24)48/h5-10,19-20,23-26,29-40H,11-18H2,1-4H3. The molecular weight excluding hydrogens is 712 g/mol. The van der Waals surface area contributed by atoms with Gasteiger partial charge in [-0.3, -0.25) is 19.2 Å². The van der Waals surface area contributed by atoms with Gasteiger partial charge in [0.15, 0.2) is 0 Å². The lowest BCUT2D eigenvalue weighted by molar-refractivity contribution is -0.298. The average molecular weight is 765 g/mol. The Morgan fingerprint density at radius 2 is 0.714 bits per heavy atom. The molecular formula is C46H52O10. The summed E-state index contributed by atoms with van der Waals surface area (Å²) in [6.45, 7) is 9.76. The SMILES string of the molecule is CC(C)C12c3cc4ccccc4cc3C(C(C)C)(C3CC4OC5CC6C(=O)OC(=O)C6CC5OC4CC31)C1CC3OC4CC5C(=O)OC(=O)C5CC4OC3CC12. The lowest BCUT2D eigenvalue weighted by Crippen LogP contribution is -2.76. The average Bonchev–Trinajstić information content (AvgIpc) is 3.61. The van der Waals surface area contributed by atoms with E-state index in [0.717, 1.165) is 25.7 Å². The Balaban J connectivity index is 0.974. The van der Waals surface area contributed by atoms with Crippen LogP contribution in [0.3, 0.4) is 0 Å². The van der Waals surface area contributed by atoms with Crippen molar-refractivity contribution in [2.75, 3.05) is 0 Å². The molecule has 10 heteroatoms. The van der Waals surface area contributed by atoms with E-state index in [0.29, 0.717) is 61.2 Å². The number of ether oxygens (including phenoxy) is 6. The first-order chi connectivity index (χ1) is 27.0. The number of esters is 4. The van der Waals surface area contributed by atoms with Gasteiger partial charge in [-0.05, 0) is 109 Å². The maximum atomic E-state index is 12.7. The number of hydrogen-bond acceptors (Lipinski definition) is 10. The Hall–Kier alpha value is -3.18. The number of rotatable bonds is 2. The predicted octanol–water partition coefficient (Wildman–Crippen LogP) is 5.97. The van der Waals surface area contributed by atoms with E-state index in [1.54, 1.807) is 0 Å². The molecule has 5 saturated carbocycles. The molecule has 2 bridgehead atoms. The molecule has 296 valence electrons. The number of carbonyl (C=O) groups is 4. The summed E-state index contributed by atoms with van der Waals surface area (Å²) in [5.74, 6) is -1.45. The second-order valence-corrected chi connectivity index (χ2v) is 20.0. The third-order valence-electron chi connectivity index (χ3n) is 17.7. The molecule has 2 aromatic carbocycles. The van der Waals surface area contributed by atoms with Crippen LogP contribution in [0.1, 0.15) is 90.2 Å². The lowest BCUT2D eigenvalue weighted by Gasteiger charge is -2.76. The van der Waals surface area contributed by atoms with Gasteiger partial charge < -0.3 is 28.4 Å². The molecule has 16 atom stereocenters. The number of cyclic esters (lactones) is 4. The Bertz CT molecular complexity index is 1840. The van der Waals surface area contributed by atoms with Gasteiger partial charge in [0.2, 0.25) is 0 Å². The van der Waals surface area contributed by atoms with E-state index in [2.05, 4.69) is 64.1 Å². The van der Waals surface area contributed by atoms with Crippen molar-refractivity contribution in [1.82, 2.24) is 0 Å². The lowest BCUT2D eigenvalue weighted by atomic mass is 9.29. The molecule has 0 amide bonds. The zero-order chi connectivity index (χ0) is 38.2. The first-order valence-electron chi connectivity index (χ1n) is 21.6. The van der Waals surface area contributed by atoms with Crippen molar-refractivity contribution in [2.24, 2.45) is 59.2 Å². The van der Waals surface area contributed by atoms with Crippen LogP contribution >= 0.6 is 0 Å². The van der Waals surface area contributed by atoms with Gasteiger partial charge in [0.05, 0.1) is 72.5 Å². The zero-order valence-electron chi connectivity index (χ0n) is 32.6. The third-order valence-corrected chi connectivity index (χ3v) is 17.7. The molecule has 7 aliphatic carbocycles. The highest BCUT2D eigenvalue weighted by Gasteiger charge is 2.75. The highest BCUT2D eigenvalue weighted by Crippen LogP contribution is 2.76. The number of hydrogen-bond donors (Lipinski definition) is 0. The maximum absolute atomic E-state index is 12.7. The monoisotopic (exact) mass is 764 g/mol. The number of benzene rings is 2. The minimum absolute atomic E-state index is 0.0980. The van der Waals surface area contributed by atoms with Crippen molar-refractivity contribution in [2.45, 2.75) is 139 Å². The summed E-state index contributed by atoms with van der Waals surface area (Å²) in [7, 11) is 0. The van der Waals surface area contributed by atoms with Crippen molar-refractivity contribution in [3.05, 3.63) is 47.5 Å². The largest absolute Gasteiger partial charge is 0.393 e. The molecule has 56 heavy (non-hydrogen) atoms. The molecule has 9 fully saturated rings. The fourth-order valence-corrected chi connectivity index (χ4v) is 15.9. The fraction of sp³-hybridized carbons (Fsp3) is 0.696. The highest BCUT2D eigenvalue weighted by molar-refractivity contribution is 5.97. The van der Waals surface area contributed by atoms with Crippen LogP contribution in [0, 0.1) is 59.2 Å². The summed E-state index contributed by atoms with van der Waals surface area (Å²) in [6, 6.07) is 13.9. The van der Waals surface area contributed by atoms with Gasteiger partial charge in [0.1, 0.15) is 0 Å². The van der Waals surface area contributed by atoms with Gasteiger partial charge in [-0.2, -0.15) is 0 Å². The van der Waals surface area contributed by atoms with Crippen molar-refractivity contribution in [3.8, 4) is 0 Å². The second-order valence-electron chi connectivity index (χ2n) is 20.0. The van der Waals surface area contributed by atoms with E-state index in [1.165, 1.54) is 21.9 Å². The fourth-order valence-electron chi connectivity index (χ4n) is 15.9. The Morgan fingerprint density at radius 3 is 0.982 bits per heavy atom. The van der Waals surface area contributed by atoms with Gasteiger partial charge in [-0.25, -0.2) is 0 Å². The molecule has 0 spiro atoms. The molecule has 0 N–H and O–H groups in total. The van der Waals surface area contributed by atoms with E-state index in [4.69, 9.17) is 28.4 Å². The summed E-state index contributed by atoms with van der Waals surface area (Å²) >= 11 is 0. The molecule has 4 aliphatic heterocycles. The van der Waals surface area contributed by atoms with Gasteiger partial charge in [-0.1, -0.05) is 64.1 Å². The van der Waals surface area contributed by atoms with Crippen molar-refractivity contribution < 1.29 is 47.6 Å². The second kappa shape index (κ2) is 11.7. The number of fused-ring (bicyclic) bond motifs is 7. The van der Waals surface area contributed by atoms with Gasteiger partial charge in [0, 0.05) is 10.8 Å². The van der Waals surface area contributed by atoms with Gasteiger partial charge in [-0.15, -0.1) is 0 Å². The van der Waals surface area contributed by atoms with Crippen LogP contribution in [0.15, 0.2) is 36.4 Å². The minimum Gasteiger partial charge on any atom is -0.393 e. The molecule has 16 unspecified atom stereocenters. The first kappa shape index (κ1) is 34.8. The van der Waals surface area contributed by atoms with Crippen LogP contribution in [0.25, 0.3) is 10.8 Å². The highest BCUT2D eigenvalue weighted by atomic mass is 16.6. The van der Waals surface area contributed by atoms with Gasteiger partial charge >= 0.3 is 23.9 Å². The smallest absolute Gasteiger partial charge is 0.317 e.